The Balaban J connectivity index is 1.47. The average Bonchev–Trinajstić information content (AvgIpc) is 3.00. The summed E-state index contributed by atoms with van der Waals surface area (Å²) in [4.78, 5) is 24.2. The van der Waals surface area contributed by atoms with E-state index >= 15 is 0 Å². The third-order valence-electron chi connectivity index (χ3n) is 4.53. The maximum absolute atomic E-state index is 12.4. The van der Waals surface area contributed by atoms with E-state index < -0.39 is 0 Å². The molecule has 0 fully saturated rings. The minimum atomic E-state index is -0.203. The normalized spacial score (nSPS) is 19.1. The minimum Gasteiger partial charge on any atom is -0.478 e. The zero-order valence-electron chi connectivity index (χ0n) is 13.5. The fraction of sp³-hybridized carbons (Fsp3) is 0.500. The van der Waals surface area contributed by atoms with Gasteiger partial charge in [-0.15, -0.1) is 0 Å². The van der Waals surface area contributed by atoms with Gasteiger partial charge in [-0.05, 0) is 24.8 Å². The van der Waals surface area contributed by atoms with Crippen molar-refractivity contribution < 1.29 is 9.53 Å². The Morgan fingerprint density at radius 2 is 2.25 bits per heavy atom. The van der Waals surface area contributed by atoms with Crippen LogP contribution in [0.5, 0.6) is 5.88 Å². The third kappa shape index (κ3) is 2.68. The van der Waals surface area contributed by atoms with Gasteiger partial charge in [0.15, 0.2) is 5.69 Å². The van der Waals surface area contributed by atoms with Crippen LogP contribution in [0.4, 0.5) is 0 Å². The van der Waals surface area contributed by atoms with Gasteiger partial charge in [0.05, 0.1) is 12.3 Å². The largest absolute Gasteiger partial charge is 0.478 e. The number of aromatic nitrogens is 4. The topological polar surface area (TPSA) is 91.0 Å². The number of hydrogen-bond acceptors (Lipinski definition) is 5. The Bertz CT molecular complexity index is 830. The standard InChI is InChI=1S/C16H19N5O3/c1-20-14(22)8-10-7-11(3-4-12(10)18-20)17-16(23)13-9-15-21(19-13)5-2-6-24-15/h8-9,11H,2-7H2,1H3,(H,17,23). The number of amides is 1. The first-order chi connectivity index (χ1) is 11.6. The molecule has 1 aliphatic heterocycles. The lowest BCUT2D eigenvalue weighted by Gasteiger charge is -2.24. The van der Waals surface area contributed by atoms with Crippen molar-refractivity contribution in [1.29, 1.82) is 0 Å². The monoisotopic (exact) mass is 329 g/mol. The van der Waals surface area contributed by atoms with E-state index in [1.807, 2.05) is 0 Å². The molecule has 8 nitrogen and oxygen atoms in total. The van der Waals surface area contributed by atoms with Crippen molar-refractivity contribution in [3.05, 3.63) is 39.4 Å². The van der Waals surface area contributed by atoms with Crippen LogP contribution in [0.2, 0.25) is 0 Å². The van der Waals surface area contributed by atoms with Crippen molar-refractivity contribution in [1.82, 2.24) is 24.9 Å². The summed E-state index contributed by atoms with van der Waals surface area (Å²) in [5, 5.41) is 11.6. The van der Waals surface area contributed by atoms with Gasteiger partial charge >= 0.3 is 0 Å². The number of carbonyl (C=O) groups excluding carboxylic acids is 1. The van der Waals surface area contributed by atoms with Crippen molar-refractivity contribution in [3.63, 3.8) is 0 Å². The number of aryl methyl sites for hydroxylation is 3. The van der Waals surface area contributed by atoms with Crippen LogP contribution in [0.3, 0.4) is 0 Å². The Morgan fingerprint density at radius 3 is 3.08 bits per heavy atom. The van der Waals surface area contributed by atoms with Gasteiger partial charge in [0.2, 0.25) is 5.88 Å². The molecule has 3 heterocycles. The summed E-state index contributed by atoms with van der Waals surface area (Å²) in [5.41, 5.74) is 2.11. The first-order valence-corrected chi connectivity index (χ1v) is 8.18. The van der Waals surface area contributed by atoms with E-state index in [1.165, 1.54) is 4.68 Å². The molecular formula is C16H19N5O3. The lowest BCUT2D eigenvalue weighted by Crippen LogP contribution is -2.40. The van der Waals surface area contributed by atoms with Crippen molar-refractivity contribution >= 4 is 5.91 Å². The SMILES string of the molecule is Cn1nc2c(cc1=O)CC(NC(=O)c1cc3n(n1)CCCO3)CC2. The predicted molar refractivity (Wildman–Crippen MR) is 85.1 cm³/mol. The number of hydrogen-bond donors (Lipinski definition) is 1. The van der Waals surface area contributed by atoms with E-state index in [4.69, 9.17) is 4.74 Å². The molecule has 0 radical (unpaired) electrons. The van der Waals surface area contributed by atoms with Gasteiger partial charge in [0, 0.05) is 38.2 Å². The molecule has 0 bridgehead atoms. The van der Waals surface area contributed by atoms with Gasteiger partial charge < -0.3 is 10.1 Å². The summed E-state index contributed by atoms with van der Waals surface area (Å²) < 4.78 is 8.57. The molecule has 0 saturated heterocycles. The quantitative estimate of drug-likeness (QED) is 0.840. The highest BCUT2D eigenvalue weighted by Gasteiger charge is 2.24. The molecule has 1 amide bonds. The Hall–Kier alpha value is -2.64. The molecule has 24 heavy (non-hydrogen) atoms. The molecule has 1 unspecified atom stereocenters. The fourth-order valence-electron chi connectivity index (χ4n) is 3.25. The van der Waals surface area contributed by atoms with Gasteiger partial charge in [0.1, 0.15) is 0 Å². The molecule has 4 rings (SSSR count). The first kappa shape index (κ1) is 14.9. The maximum atomic E-state index is 12.4. The van der Waals surface area contributed by atoms with Crippen LogP contribution in [-0.4, -0.2) is 38.1 Å². The summed E-state index contributed by atoms with van der Waals surface area (Å²) in [6, 6.07) is 3.28. The second-order valence-electron chi connectivity index (χ2n) is 6.28. The van der Waals surface area contributed by atoms with Crippen molar-refractivity contribution in [2.24, 2.45) is 7.05 Å². The van der Waals surface area contributed by atoms with E-state index in [9.17, 15) is 9.59 Å². The highest BCUT2D eigenvalue weighted by molar-refractivity contribution is 5.92. The summed E-state index contributed by atoms with van der Waals surface area (Å²) in [7, 11) is 1.65. The van der Waals surface area contributed by atoms with Crippen LogP contribution < -0.4 is 15.6 Å². The molecule has 1 N–H and O–H groups in total. The molecule has 2 aromatic rings. The van der Waals surface area contributed by atoms with Crippen molar-refractivity contribution in [3.8, 4) is 5.88 Å². The third-order valence-corrected chi connectivity index (χ3v) is 4.53. The smallest absolute Gasteiger partial charge is 0.272 e. The van der Waals surface area contributed by atoms with Crippen molar-refractivity contribution in [2.45, 2.75) is 38.3 Å². The predicted octanol–water partition coefficient (Wildman–Crippen LogP) is 0.0466. The Kier molecular flexibility index (Phi) is 3.59. The zero-order valence-corrected chi connectivity index (χ0v) is 13.5. The number of carbonyl (C=O) groups is 1. The molecule has 2 aliphatic rings. The van der Waals surface area contributed by atoms with Gasteiger partial charge in [-0.1, -0.05) is 0 Å². The molecular weight excluding hydrogens is 310 g/mol. The van der Waals surface area contributed by atoms with Crippen LogP contribution in [-0.2, 0) is 26.4 Å². The van der Waals surface area contributed by atoms with E-state index in [0.717, 1.165) is 37.1 Å². The van der Waals surface area contributed by atoms with Gasteiger partial charge in [-0.25, -0.2) is 9.36 Å². The molecule has 2 aromatic heterocycles. The molecule has 0 spiro atoms. The molecule has 1 aliphatic carbocycles. The van der Waals surface area contributed by atoms with Gasteiger partial charge in [-0.3, -0.25) is 9.59 Å². The Labute approximate surface area is 138 Å². The first-order valence-electron chi connectivity index (χ1n) is 8.18. The molecule has 0 aromatic carbocycles. The highest BCUT2D eigenvalue weighted by atomic mass is 16.5. The maximum Gasteiger partial charge on any atom is 0.272 e. The summed E-state index contributed by atoms with van der Waals surface area (Å²) in [6.45, 7) is 1.43. The number of fused-ring (bicyclic) bond motifs is 2. The van der Waals surface area contributed by atoms with Crippen LogP contribution >= 0.6 is 0 Å². The number of rotatable bonds is 2. The Morgan fingerprint density at radius 1 is 1.38 bits per heavy atom. The van der Waals surface area contributed by atoms with E-state index in [0.29, 0.717) is 24.6 Å². The number of nitrogens with one attached hydrogen (secondary N) is 1. The average molecular weight is 329 g/mol. The lowest BCUT2D eigenvalue weighted by molar-refractivity contribution is 0.0927. The van der Waals surface area contributed by atoms with Crippen molar-refractivity contribution in [2.75, 3.05) is 6.61 Å². The highest BCUT2D eigenvalue weighted by Crippen LogP contribution is 2.20. The molecule has 0 saturated carbocycles. The van der Waals surface area contributed by atoms with E-state index in [2.05, 4.69) is 15.5 Å². The minimum absolute atomic E-state index is 0.0152. The lowest BCUT2D eigenvalue weighted by atomic mass is 9.92. The van der Waals surface area contributed by atoms with Gasteiger partial charge in [-0.2, -0.15) is 10.2 Å². The van der Waals surface area contributed by atoms with Crippen LogP contribution in [0.25, 0.3) is 0 Å². The fourth-order valence-corrected chi connectivity index (χ4v) is 3.25. The van der Waals surface area contributed by atoms with Crippen LogP contribution in [0, 0.1) is 0 Å². The molecule has 8 heteroatoms. The molecule has 1 atom stereocenters. The summed E-state index contributed by atoms with van der Waals surface area (Å²) >= 11 is 0. The van der Waals surface area contributed by atoms with E-state index in [-0.39, 0.29) is 17.5 Å². The molecule has 126 valence electrons. The zero-order chi connectivity index (χ0) is 16.7. The summed E-state index contributed by atoms with van der Waals surface area (Å²) in [5.74, 6) is 0.443. The second-order valence-corrected chi connectivity index (χ2v) is 6.28. The van der Waals surface area contributed by atoms with Gasteiger partial charge in [0.25, 0.3) is 11.5 Å². The van der Waals surface area contributed by atoms with E-state index in [1.54, 1.807) is 23.9 Å². The summed E-state index contributed by atoms with van der Waals surface area (Å²) in [6.07, 6.45) is 3.07. The van der Waals surface area contributed by atoms with Crippen LogP contribution in [0.15, 0.2) is 16.9 Å². The van der Waals surface area contributed by atoms with Crippen LogP contribution in [0.1, 0.15) is 34.6 Å². The number of nitrogens with zero attached hydrogens (tertiary/aromatic N) is 4. The number of ether oxygens (including phenoxy) is 1. The second kappa shape index (κ2) is 5.77.